The first-order valence-electron chi connectivity index (χ1n) is 5.81. The maximum Gasteiger partial charge on any atom is 0.245 e. The first-order chi connectivity index (χ1) is 8.59. The number of likely N-dealkylation sites (N-methyl/N-ethyl adjacent to an activating group) is 1. The van der Waals surface area contributed by atoms with Crippen molar-refractivity contribution in [1.82, 2.24) is 9.80 Å². The summed E-state index contributed by atoms with van der Waals surface area (Å²) >= 11 is 6.16. The molecule has 1 unspecified atom stereocenters. The minimum Gasteiger partial charge on any atom is -0.342 e. The first-order valence-corrected chi connectivity index (χ1v) is 6.25. The molecular weight excluding hydrogens is 252 g/mol. The van der Waals surface area contributed by atoms with Crippen LogP contribution >= 0.6 is 11.6 Å². The van der Waals surface area contributed by atoms with E-state index in [0.717, 1.165) is 5.56 Å². The monoisotopic (exact) mass is 266 g/mol. The maximum absolute atomic E-state index is 12.2. The average Bonchev–Trinajstić information content (AvgIpc) is 2.41. The third-order valence-electron chi connectivity index (χ3n) is 3.08. The van der Waals surface area contributed by atoms with Crippen LogP contribution in [0.5, 0.6) is 0 Å². The summed E-state index contributed by atoms with van der Waals surface area (Å²) < 4.78 is 0. The van der Waals surface area contributed by atoms with Crippen LogP contribution in [0.4, 0.5) is 0 Å². The van der Waals surface area contributed by atoms with Crippen LogP contribution in [0.15, 0.2) is 30.3 Å². The number of carbonyl (C=O) groups excluding carboxylic acids is 2. The van der Waals surface area contributed by atoms with Crippen molar-refractivity contribution in [1.29, 1.82) is 0 Å². The number of nitrogens with zero attached hydrogens (tertiary/aromatic N) is 2. The summed E-state index contributed by atoms with van der Waals surface area (Å²) in [6, 6.07) is 9.18. The number of hydrogen-bond donors (Lipinski definition) is 0. The number of hydrogen-bond acceptors (Lipinski definition) is 2. The van der Waals surface area contributed by atoms with Crippen molar-refractivity contribution in [2.24, 2.45) is 0 Å². The molecule has 2 rings (SSSR count). The molecule has 1 saturated heterocycles. The fourth-order valence-electron chi connectivity index (χ4n) is 1.87. The molecule has 0 spiro atoms. The van der Waals surface area contributed by atoms with Gasteiger partial charge in [-0.05, 0) is 5.56 Å². The SMILES string of the molecule is CN1CCN(C(=O)C(Cl)c2ccccc2)CC1=O. The molecule has 4 nitrogen and oxygen atoms in total. The summed E-state index contributed by atoms with van der Waals surface area (Å²) in [5.74, 6) is -0.254. The van der Waals surface area contributed by atoms with Gasteiger partial charge in [-0.25, -0.2) is 0 Å². The molecule has 18 heavy (non-hydrogen) atoms. The second-order valence-corrected chi connectivity index (χ2v) is 4.78. The third kappa shape index (κ3) is 2.64. The zero-order valence-electron chi connectivity index (χ0n) is 10.2. The van der Waals surface area contributed by atoms with Crippen LogP contribution in [0.25, 0.3) is 0 Å². The minimum absolute atomic E-state index is 0.0495. The van der Waals surface area contributed by atoms with E-state index < -0.39 is 5.38 Å². The van der Waals surface area contributed by atoms with Gasteiger partial charge >= 0.3 is 0 Å². The van der Waals surface area contributed by atoms with Crippen LogP contribution in [-0.2, 0) is 9.59 Å². The summed E-state index contributed by atoms with van der Waals surface area (Å²) in [7, 11) is 1.74. The fourth-order valence-corrected chi connectivity index (χ4v) is 2.15. The fraction of sp³-hybridized carbons (Fsp3) is 0.385. The third-order valence-corrected chi connectivity index (χ3v) is 3.52. The second kappa shape index (κ2) is 5.40. The van der Waals surface area contributed by atoms with Crippen molar-refractivity contribution in [2.75, 3.05) is 26.7 Å². The normalized spacial score (nSPS) is 17.8. The van der Waals surface area contributed by atoms with Gasteiger partial charge in [0, 0.05) is 20.1 Å². The van der Waals surface area contributed by atoms with Gasteiger partial charge in [-0.2, -0.15) is 0 Å². The van der Waals surface area contributed by atoms with Gasteiger partial charge in [0.25, 0.3) is 0 Å². The van der Waals surface area contributed by atoms with E-state index in [0.29, 0.717) is 13.1 Å². The lowest BCUT2D eigenvalue weighted by molar-refractivity contribution is -0.144. The Labute approximate surface area is 111 Å². The van der Waals surface area contributed by atoms with Crippen LogP contribution in [-0.4, -0.2) is 48.3 Å². The van der Waals surface area contributed by atoms with Crippen molar-refractivity contribution in [3.8, 4) is 0 Å². The molecule has 1 fully saturated rings. The Morgan fingerprint density at radius 2 is 1.94 bits per heavy atom. The predicted molar refractivity (Wildman–Crippen MR) is 69.3 cm³/mol. The molecule has 96 valence electrons. The molecular formula is C13H15ClN2O2. The molecule has 0 N–H and O–H groups in total. The van der Waals surface area contributed by atoms with Crippen molar-refractivity contribution < 1.29 is 9.59 Å². The summed E-state index contributed by atoms with van der Waals surface area (Å²) in [6.45, 7) is 1.21. The lowest BCUT2D eigenvalue weighted by Crippen LogP contribution is -2.51. The summed E-state index contributed by atoms with van der Waals surface area (Å²) in [6.07, 6.45) is 0. The van der Waals surface area contributed by atoms with Crippen molar-refractivity contribution in [3.63, 3.8) is 0 Å². The van der Waals surface area contributed by atoms with Gasteiger partial charge in [0.1, 0.15) is 5.38 Å². The van der Waals surface area contributed by atoms with E-state index in [1.165, 1.54) is 4.90 Å². The smallest absolute Gasteiger partial charge is 0.245 e. The number of piperazine rings is 1. The number of alkyl halides is 1. The molecule has 1 atom stereocenters. The molecule has 2 amide bonds. The maximum atomic E-state index is 12.2. The quantitative estimate of drug-likeness (QED) is 0.757. The standard InChI is InChI=1S/C13H15ClN2O2/c1-15-7-8-16(9-11(15)17)13(18)12(14)10-5-3-2-4-6-10/h2-6,12H,7-9H2,1H3. The summed E-state index contributed by atoms with van der Waals surface area (Å²) in [4.78, 5) is 26.9. The molecule has 0 saturated carbocycles. The zero-order chi connectivity index (χ0) is 13.1. The predicted octanol–water partition coefficient (Wildman–Crippen LogP) is 1.27. The van der Waals surface area contributed by atoms with Gasteiger partial charge in [0.2, 0.25) is 11.8 Å². The Morgan fingerprint density at radius 1 is 1.28 bits per heavy atom. The highest BCUT2D eigenvalue weighted by molar-refractivity contribution is 6.30. The molecule has 1 aromatic carbocycles. The Morgan fingerprint density at radius 3 is 2.56 bits per heavy atom. The molecule has 1 aliphatic heterocycles. The first kappa shape index (κ1) is 12.9. The molecule has 0 bridgehead atoms. The van der Waals surface area contributed by atoms with E-state index in [9.17, 15) is 9.59 Å². The van der Waals surface area contributed by atoms with E-state index in [2.05, 4.69) is 0 Å². The van der Waals surface area contributed by atoms with Gasteiger partial charge in [-0.15, -0.1) is 11.6 Å². The van der Waals surface area contributed by atoms with E-state index in [1.54, 1.807) is 11.9 Å². The molecule has 1 aliphatic rings. The molecule has 1 heterocycles. The van der Waals surface area contributed by atoms with Gasteiger partial charge in [0.15, 0.2) is 0 Å². The van der Waals surface area contributed by atoms with Gasteiger partial charge in [-0.3, -0.25) is 9.59 Å². The molecule has 0 radical (unpaired) electrons. The second-order valence-electron chi connectivity index (χ2n) is 4.35. The van der Waals surface area contributed by atoms with Crippen LogP contribution in [0, 0.1) is 0 Å². The van der Waals surface area contributed by atoms with Gasteiger partial charge in [0.05, 0.1) is 6.54 Å². The Balaban J connectivity index is 2.06. The Kier molecular flexibility index (Phi) is 3.87. The zero-order valence-corrected chi connectivity index (χ0v) is 10.9. The number of amides is 2. The van der Waals surface area contributed by atoms with Crippen LogP contribution in [0.2, 0.25) is 0 Å². The summed E-state index contributed by atoms with van der Waals surface area (Å²) in [5, 5.41) is -0.720. The Bertz CT molecular complexity index is 450. The van der Waals surface area contributed by atoms with Crippen LogP contribution in [0.1, 0.15) is 10.9 Å². The largest absolute Gasteiger partial charge is 0.342 e. The lowest BCUT2D eigenvalue weighted by Gasteiger charge is -2.33. The number of halogens is 1. The Hall–Kier alpha value is -1.55. The molecule has 0 aromatic heterocycles. The number of benzene rings is 1. The number of rotatable bonds is 2. The molecule has 5 heteroatoms. The van der Waals surface area contributed by atoms with Crippen LogP contribution < -0.4 is 0 Å². The van der Waals surface area contributed by atoms with Crippen molar-refractivity contribution in [3.05, 3.63) is 35.9 Å². The number of carbonyl (C=O) groups is 2. The average molecular weight is 267 g/mol. The summed E-state index contributed by atoms with van der Waals surface area (Å²) in [5.41, 5.74) is 0.760. The van der Waals surface area contributed by atoms with E-state index in [4.69, 9.17) is 11.6 Å². The van der Waals surface area contributed by atoms with Crippen molar-refractivity contribution in [2.45, 2.75) is 5.38 Å². The molecule has 0 aliphatic carbocycles. The topological polar surface area (TPSA) is 40.6 Å². The van der Waals surface area contributed by atoms with E-state index >= 15 is 0 Å². The van der Waals surface area contributed by atoms with E-state index in [1.807, 2.05) is 30.3 Å². The highest BCUT2D eigenvalue weighted by atomic mass is 35.5. The van der Waals surface area contributed by atoms with Crippen LogP contribution in [0.3, 0.4) is 0 Å². The van der Waals surface area contributed by atoms with E-state index in [-0.39, 0.29) is 18.4 Å². The van der Waals surface area contributed by atoms with Gasteiger partial charge < -0.3 is 9.80 Å². The van der Waals surface area contributed by atoms with Gasteiger partial charge in [-0.1, -0.05) is 30.3 Å². The minimum atomic E-state index is -0.720. The lowest BCUT2D eigenvalue weighted by atomic mass is 10.1. The highest BCUT2D eigenvalue weighted by Gasteiger charge is 2.29. The highest BCUT2D eigenvalue weighted by Crippen LogP contribution is 2.23. The van der Waals surface area contributed by atoms with Crippen molar-refractivity contribution >= 4 is 23.4 Å². The molecule has 1 aromatic rings.